The summed E-state index contributed by atoms with van der Waals surface area (Å²) in [6, 6.07) is 4.21. The van der Waals surface area contributed by atoms with Gasteiger partial charge in [-0.25, -0.2) is 8.78 Å². The van der Waals surface area contributed by atoms with Crippen LogP contribution >= 0.6 is 0 Å². The summed E-state index contributed by atoms with van der Waals surface area (Å²) < 4.78 is 31.7. The fourth-order valence-electron chi connectivity index (χ4n) is 3.37. The molecule has 1 aromatic rings. The van der Waals surface area contributed by atoms with Crippen LogP contribution in [0.15, 0.2) is 18.2 Å². The molecule has 0 aromatic heterocycles. The summed E-state index contributed by atoms with van der Waals surface area (Å²) in [5.74, 6) is -1.61. The number of rotatable bonds is 4. The Balaban J connectivity index is 1.43. The first-order valence-electron chi connectivity index (χ1n) is 8.70. The Morgan fingerprint density at radius 1 is 1.17 bits per heavy atom. The molecule has 2 fully saturated rings. The highest BCUT2D eigenvalue weighted by Gasteiger charge is 2.26. The van der Waals surface area contributed by atoms with Gasteiger partial charge in [0.05, 0.1) is 0 Å². The molecule has 24 heavy (non-hydrogen) atoms. The number of hydrogen-bond donors (Lipinski definition) is 1. The monoisotopic (exact) mass is 338 g/mol. The van der Waals surface area contributed by atoms with Gasteiger partial charge in [-0.2, -0.15) is 0 Å². The van der Waals surface area contributed by atoms with E-state index in [1.54, 1.807) is 6.07 Å². The normalized spacial score (nSPS) is 23.2. The number of carbonyl (C=O) groups excluding carboxylic acids is 1. The van der Waals surface area contributed by atoms with Gasteiger partial charge in [0.1, 0.15) is 6.10 Å². The Bertz CT molecular complexity index is 568. The van der Waals surface area contributed by atoms with Crippen molar-refractivity contribution < 1.29 is 18.3 Å². The van der Waals surface area contributed by atoms with Gasteiger partial charge in [-0.3, -0.25) is 9.69 Å². The zero-order valence-electron chi connectivity index (χ0n) is 13.8. The molecule has 0 bridgehead atoms. The van der Waals surface area contributed by atoms with Gasteiger partial charge in [-0.05, 0) is 49.8 Å². The summed E-state index contributed by atoms with van der Waals surface area (Å²) in [5, 5.41) is 3.09. The zero-order chi connectivity index (χ0) is 16.9. The molecule has 3 rings (SSSR count). The number of likely N-dealkylation sites (tertiary alicyclic amines) is 1. The molecular weight excluding hydrogens is 314 g/mol. The fourth-order valence-corrected chi connectivity index (χ4v) is 3.37. The minimum Gasteiger partial charge on any atom is -0.368 e. The molecule has 0 saturated carbocycles. The topological polar surface area (TPSA) is 41.6 Å². The van der Waals surface area contributed by atoms with Gasteiger partial charge in [0.15, 0.2) is 11.6 Å². The Morgan fingerprint density at radius 3 is 2.62 bits per heavy atom. The molecular formula is C18H24F2N2O2. The molecule has 2 saturated heterocycles. The van der Waals surface area contributed by atoms with Crippen LogP contribution in [0.1, 0.15) is 37.7 Å². The van der Waals surface area contributed by atoms with Crippen LogP contribution in [0.5, 0.6) is 0 Å². The second-order valence-corrected chi connectivity index (χ2v) is 6.66. The summed E-state index contributed by atoms with van der Waals surface area (Å²) in [5.41, 5.74) is 0.770. The van der Waals surface area contributed by atoms with Crippen molar-refractivity contribution in [1.82, 2.24) is 10.2 Å². The summed E-state index contributed by atoms with van der Waals surface area (Å²) in [4.78, 5) is 14.4. The third-order valence-corrected chi connectivity index (χ3v) is 4.80. The lowest BCUT2D eigenvalue weighted by Gasteiger charge is -2.33. The van der Waals surface area contributed by atoms with E-state index < -0.39 is 11.6 Å². The van der Waals surface area contributed by atoms with Gasteiger partial charge in [0, 0.05) is 32.3 Å². The first kappa shape index (κ1) is 17.3. The standard InChI is InChI=1S/C18H24F2N2O2/c19-15-5-4-13(11-16(15)20)12-22-8-6-14(7-9-22)21-18(23)17-3-1-2-10-24-17/h4-5,11,14,17H,1-3,6-10,12H2,(H,21,23)/t17-/m0/s1. The van der Waals surface area contributed by atoms with E-state index in [4.69, 9.17) is 4.74 Å². The van der Waals surface area contributed by atoms with Gasteiger partial charge >= 0.3 is 0 Å². The van der Waals surface area contributed by atoms with Crippen molar-refractivity contribution in [1.29, 1.82) is 0 Å². The minimum absolute atomic E-state index is 0.00811. The highest BCUT2D eigenvalue weighted by Crippen LogP contribution is 2.17. The smallest absolute Gasteiger partial charge is 0.249 e. The van der Waals surface area contributed by atoms with Crippen LogP contribution in [0, 0.1) is 11.6 Å². The molecule has 0 spiro atoms. The van der Waals surface area contributed by atoms with Crippen LogP contribution in [-0.4, -0.2) is 42.6 Å². The molecule has 1 atom stereocenters. The zero-order valence-corrected chi connectivity index (χ0v) is 13.8. The highest BCUT2D eigenvalue weighted by molar-refractivity contribution is 5.81. The van der Waals surface area contributed by atoms with E-state index in [1.807, 2.05) is 0 Å². The van der Waals surface area contributed by atoms with Crippen molar-refractivity contribution in [2.24, 2.45) is 0 Å². The molecule has 132 valence electrons. The number of hydrogen-bond acceptors (Lipinski definition) is 3. The number of amides is 1. The third kappa shape index (κ3) is 4.51. The van der Waals surface area contributed by atoms with E-state index in [2.05, 4.69) is 10.2 Å². The molecule has 2 heterocycles. The fraction of sp³-hybridized carbons (Fsp3) is 0.611. The molecule has 1 aromatic carbocycles. The number of piperidine rings is 1. The van der Waals surface area contributed by atoms with Gasteiger partial charge in [0.2, 0.25) is 5.91 Å². The first-order chi connectivity index (χ1) is 11.6. The largest absolute Gasteiger partial charge is 0.368 e. The summed E-state index contributed by atoms with van der Waals surface area (Å²) >= 11 is 0. The quantitative estimate of drug-likeness (QED) is 0.918. The maximum atomic E-state index is 13.3. The van der Waals surface area contributed by atoms with E-state index in [1.165, 1.54) is 12.1 Å². The second-order valence-electron chi connectivity index (χ2n) is 6.66. The SMILES string of the molecule is O=C(NC1CCN(Cc2ccc(F)c(F)c2)CC1)[C@@H]1CCCCO1. The van der Waals surface area contributed by atoms with E-state index >= 15 is 0 Å². The van der Waals surface area contributed by atoms with Crippen molar-refractivity contribution in [3.63, 3.8) is 0 Å². The number of ether oxygens (including phenoxy) is 1. The van der Waals surface area contributed by atoms with Crippen LogP contribution in [0.3, 0.4) is 0 Å². The van der Waals surface area contributed by atoms with E-state index in [0.29, 0.717) is 13.2 Å². The lowest BCUT2D eigenvalue weighted by Crippen LogP contribution is -2.48. The lowest BCUT2D eigenvalue weighted by atomic mass is 10.0. The number of carbonyl (C=O) groups is 1. The van der Waals surface area contributed by atoms with Crippen molar-refractivity contribution in [3.05, 3.63) is 35.4 Å². The molecule has 0 aliphatic carbocycles. The van der Waals surface area contributed by atoms with E-state index in [9.17, 15) is 13.6 Å². The minimum atomic E-state index is -0.815. The van der Waals surface area contributed by atoms with Gasteiger partial charge in [-0.1, -0.05) is 6.07 Å². The first-order valence-corrected chi connectivity index (χ1v) is 8.70. The second kappa shape index (κ2) is 8.03. The number of nitrogens with one attached hydrogen (secondary N) is 1. The maximum Gasteiger partial charge on any atom is 0.249 e. The average molecular weight is 338 g/mol. The molecule has 2 aliphatic heterocycles. The summed E-state index contributed by atoms with van der Waals surface area (Å²) in [6.45, 7) is 2.93. The van der Waals surface area contributed by atoms with Crippen molar-refractivity contribution in [2.45, 2.75) is 50.8 Å². The van der Waals surface area contributed by atoms with Crippen molar-refractivity contribution in [2.75, 3.05) is 19.7 Å². The summed E-state index contributed by atoms with van der Waals surface area (Å²) in [6.07, 6.45) is 4.32. The molecule has 1 amide bonds. The number of halogens is 2. The van der Waals surface area contributed by atoms with Crippen molar-refractivity contribution >= 4 is 5.91 Å². The third-order valence-electron chi connectivity index (χ3n) is 4.80. The average Bonchev–Trinajstić information content (AvgIpc) is 2.61. The Labute approximate surface area is 141 Å². The van der Waals surface area contributed by atoms with E-state index in [-0.39, 0.29) is 18.1 Å². The molecule has 0 radical (unpaired) electrons. The van der Waals surface area contributed by atoms with E-state index in [0.717, 1.165) is 50.8 Å². The van der Waals surface area contributed by atoms with Crippen LogP contribution in [0.25, 0.3) is 0 Å². The predicted octanol–water partition coefficient (Wildman–Crippen LogP) is 2.61. The lowest BCUT2D eigenvalue weighted by molar-refractivity contribution is -0.136. The number of nitrogens with zero attached hydrogens (tertiary/aromatic N) is 1. The maximum absolute atomic E-state index is 13.3. The van der Waals surface area contributed by atoms with Gasteiger partial charge < -0.3 is 10.1 Å². The molecule has 1 N–H and O–H groups in total. The molecule has 0 unspecified atom stereocenters. The van der Waals surface area contributed by atoms with Gasteiger partial charge in [0.25, 0.3) is 0 Å². The van der Waals surface area contributed by atoms with Crippen LogP contribution in [-0.2, 0) is 16.1 Å². The van der Waals surface area contributed by atoms with Crippen LogP contribution in [0.4, 0.5) is 8.78 Å². The Morgan fingerprint density at radius 2 is 1.96 bits per heavy atom. The number of benzene rings is 1. The highest BCUT2D eigenvalue weighted by atomic mass is 19.2. The summed E-state index contributed by atoms with van der Waals surface area (Å²) in [7, 11) is 0. The van der Waals surface area contributed by atoms with Crippen LogP contribution in [0.2, 0.25) is 0 Å². The Hall–Kier alpha value is -1.53. The molecule has 2 aliphatic rings. The Kier molecular flexibility index (Phi) is 5.79. The van der Waals surface area contributed by atoms with Gasteiger partial charge in [-0.15, -0.1) is 0 Å². The molecule has 4 nitrogen and oxygen atoms in total. The molecule has 6 heteroatoms. The predicted molar refractivity (Wildman–Crippen MR) is 86.4 cm³/mol. The van der Waals surface area contributed by atoms with Crippen molar-refractivity contribution in [3.8, 4) is 0 Å². The van der Waals surface area contributed by atoms with Crippen LogP contribution < -0.4 is 5.32 Å².